The van der Waals surface area contributed by atoms with E-state index in [1.807, 2.05) is 24.3 Å². The molecule has 0 aliphatic heterocycles. The van der Waals surface area contributed by atoms with E-state index in [1.165, 1.54) is 18.3 Å². The van der Waals surface area contributed by atoms with Gasteiger partial charge in [-0.05, 0) is 35.7 Å². The number of aliphatic imine (C=N–C) groups is 1. The third-order valence-corrected chi connectivity index (χ3v) is 3.20. The quantitative estimate of drug-likeness (QED) is 0.626. The van der Waals surface area contributed by atoms with Crippen LogP contribution >= 0.6 is 0 Å². The van der Waals surface area contributed by atoms with Crippen LogP contribution in [-0.4, -0.2) is 21.5 Å². The summed E-state index contributed by atoms with van der Waals surface area (Å²) < 4.78 is 0. The van der Waals surface area contributed by atoms with E-state index < -0.39 is 0 Å². The highest BCUT2D eigenvalue weighted by Gasteiger charge is 2.02. The molecule has 4 heteroatoms. The van der Waals surface area contributed by atoms with Crippen LogP contribution < -0.4 is 0 Å². The Bertz CT molecular complexity index is 841. The molecule has 0 amide bonds. The molecule has 0 aliphatic carbocycles. The van der Waals surface area contributed by atoms with Gasteiger partial charge in [0.25, 0.3) is 0 Å². The van der Waals surface area contributed by atoms with Crippen LogP contribution in [0, 0.1) is 0 Å². The van der Waals surface area contributed by atoms with Crippen LogP contribution in [0.15, 0.2) is 59.6 Å². The summed E-state index contributed by atoms with van der Waals surface area (Å²) >= 11 is 0. The maximum Gasteiger partial charge on any atom is 0.128 e. The van der Waals surface area contributed by atoms with Crippen molar-refractivity contribution < 1.29 is 15.3 Å². The number of nitrogens with zero attached hydrogens (tertiary/aromatic N) is 1. The Hall–Kier alpha value is -3.01. The van der Waals surface area contributed by atoms with E-state index in [9.17, 15) is 15.3 Å². The van der Waals surface area contributed by atoms with Gasteiger partial charge < -0.3 is 15.3 Å². The first-order valence-corrected chi connectivity index (χ1v) is 6.41. The fourth-order valence-electron chi connectivity index (χ4n) is 2.14. The van der Waals surface area contributed by atoms with E-state index in [4.69, 9.17) is 0 Å². The Morgan fingerprint density at radius 3 is 2.38 bits per heavy atom. The predicted molar refractivity (Wildman–Crippen MR) is 82.6 cm³/mol. The highest BCUT2D eigenvalue weighted by atomic mass is 16.3. The summed E-state index contributed by atoms with van der Waals surface area (Å²) in [6.07, 6.45) is 1.52. The fourth-order valence-corrected chi connectivity index (χ4v) is 2.14. The van der Waals surface area contributed by atoms with Crippen molar-refractivity contribution in [1.29, 1.82) is 0 Å². The molecule has 104 valence electrons. The van der Waals surface area contributed by atoms with E-state index in [2.05, 4.69) is 4.99 Å². The van der Waals surface area contributed by atoms with Gasteiger partial charge in [-0.15, -0.1) is 0 Å². The van der Waals surface area contributed by atoms with Crippen LogP contribution in [0.4, 0.5) is 5.69 Å². The highest BCUT2D eigenvalue weighted by Crippen LogP contribution is 2.29. The molecule has 3 rings (SSSR count). The molecule has 0 spiro atoms. The van der Waals surface area contributed by atoms with Gasteiger partial charge in [-0.25, -0.2) is 0 Å². The molecule has 21 heavy (non-hydrogen) atoms. The van der Waals surface area contributed by atoms with Gasteiger partial charge in [0.05, 0.1) is 5.69 Å². The van der Waals surface area contributed by atoms with Crippen molar-refractivity contribution in [2.75, 3.05) is 0 Å². The van der Waals surface area contributed by atoms with Crippen LogP contribution in [0.5, 0.6) is 17.2 Å². The summed E-state index contributed by atoms with van der Waals surface area (Å²) in [5.41, 5.74) is 1.20. The Morgan fingerprint density at radius 2 is 1.57 bits per heavy atom. The first kappa shape index (κ1) is 13.0. The van der Waals surface area contributed by atoms with Crippen LogP contribution in [0.2, 0.25) is 0 Å². The molecule has 0 bridgehead atoms. The smallest absolute Gasteiger partial charge is 0.128 e. The second kappa shape index (κ2) is 5.17. The van der Waals surface area contributed by atoms with E-state index in [0.29, 0.717) is 11.3 Å². The number of hydrogen-bond acceptors (Lipinski definition) is 4. The molecule has 0 radical (unpaired) electrons. The largest absolute Gasteiger partial charge is 0.508 e. The average molecular weight is 279 g/mol. The number of rotatable bonds is 2. The molecule has 0 saturated heterocycles. The molecule has 0 aliphatic rings. The molecule has 3 N–H and O–H groups in total. The lowest BCUT2D eigenvalue weighted by Crippen LogP contribution is -1.82. The van der Waals surface area contributed by atoms with Crippen LogP contribution in [0.3, 0.4) is 0 Å². The lowest BCUT2D eigenvalue weighted by molar-refractivity contribution is 0.450. The Balaban J connectivity index is 2.05. The maximum atomic E-state index is 9.74. The highest BCUT2D eigenvalue weighted by molar-refractivity contribution is 5.96. The molecule has 4 nitrogen and oxygen atoms in total. The summed E-state index contributed by atoms with van der Waals surface area (Å²) in [5.74, 6) is 0.138. The molecule has 3 aromatic carbocycles. The van der Waals surface area contributed by atoms with Crippen molar-refractivity contribution in [2.45, 2.75) is 0 Å². The summed E-state index contributed by atoms with van der Waals surface area (Å²) in [4.78, 5) is 4.36. The SMILES string of the molecule is Oc1ccc(C=Nc2cccc3ccc(O)cc23)c(O)c1. The molecule has 0 heterocycles. The lowest BCUT2D eigenvalue weighted by Gasteiger charge is -2.03. The molecule has 0 aromatic heterocycles. The number of benzene rings is 3. The zero-order valence-electron chi connectivity index (χ0n) is 11.1. The monoisotopic (exact) mass is 279 g/mol. The number of aromatic hydroxyl groups is 3. The summed E-state index contributed by atoms with van der Waals surface area (Å²) in [6, 6.07) is 15.1. The zero-order chi connectivity index (χ0) is 14.8. The van der Waals surface area contributed by atoms with Crippen molar-refractivity contribution in [2.24, 2.45) is 4.99 Å². The third kappa shape index (κ3) is 2.65. The second-order valence-corrected chi connectivity index (χ2v) is 4.68. The van der Waals surface area contributed by atoms with Gasteiger partial charge in [-0.3, -0.25) is 4.99 Å². The van der Waals surface area contributed by atoms with Crippen molar-refractivity contribution in [3.05, 3.63) is 60.2 Å². The fraction of sp³-hybridized carbons (Fsp3) is 0. The van der Waals surface area contributed by atoms with Gasteiger partial charge >= 0.3 is 0 Å². The minimum absolute atomic E-state index is 0.000247. The second-order valence-electron chi connectivity index (χ2n) is 4.68. The zero-order valence-corrected chi connectivity index (χ0v) is 11.1. The lowest BCUT2D eigenvalue weighted by atomic mass is 10.1. The maximum absolute atomic E-state index is 9.74. The number of phenols is 3. The molecule has 0 fully saturated rings. The van der Waals surface area contributed by atoms with Gasteiger partial charge in [-0.1, -0.05) is 18.2 Å². The normalized spacial score (nSPS) is 11.2. The summed E-state index contributed by atoms with van der Waals surface area (Å²) in [6.45, 7) is 0. The molecule has 3 aromatic rings. The van der Waals surface area contributed by atoms with Crippen molar-refractivity contribution in [3.63, 3.8) is 0 Å². The van der Waals surface area contributed by atoms with E-state index in [1.54, 1.807) is 18.2 Å². The van der Waals surface area contributed by atoms with Gasteiger partial charge in [0.2, 0.25) is 0 Å². The standard InChI is InChI=1S/C17H13NO3/c19-13-6-4-11-2-1-3-16(15(11)8-13)18-10-12-5-7-14(20)9-17(12)21/h1-10,19-21H. The molecule has 0 atom stereocenters. The number of phenolic OH excluding ortho intramolecular Hbond substituents is 3. The van der Waals surface area contributed by atoms with Gasteiger partial charge in [-0.2, -0.15) is 0 Å². The van der Waals surface area contributed by atoms with Gasteiger partial charge in [0.1, 0.15) is 17.2 Å². The van der Waals surface area contributed by atoms with Gasteiger partial charge in [0, 0.05) is 23.2 Å². The van der Waals surface area contributed by atoms with Crippen LogP contribution in [0.1, 0.15) is 5.56 Å². The molecular formula is C17H13NO3. The topological polar surface area (TPSA) is 73.1 Å². The van der Waals surface area contributed by atoms with Crippen LogP contribution in [-0.2, 0) is 0 Å². The Morgan fingerprint density at radius 1 is 0.810 bits per heavy atom. The molecular weight excluding hydrogens is 266 g/mol. The molecule has 0 saturated carbocycles. The summed E-state index contributed by atoms with van der Waals surface area (Å²) in [7, 11) is 0. The predicted octanol–water partition coefficient (Wildman–Crippen LogP) is 3.71. The average Bonchev–Trinajstić information content (AvgIpc) is 2.46. The number of hydrogen-bond donors (Lipinski definition) is 3. The van der Waals surface area contributed by atoms with Gasteiger partial charge in [0.15, 0.2) is 0 Å². The van der Waals surface area contributed by atoms with E-state index in [0.717, 1.165) is 10.8 Å². The molecule has 0 unspecified atom stereocenters. The summed E-state index contributed by atoms with van der Waals surface area (Å²) in [5, 5.41) is 30.4. The minimum Gasteiger partial charge on any atom is -0.508 e. The van der Waals surface area contributed by atoms with Crippen LogP contribution in [0.25, 0.3) is 10.8 Å². The van der Waals surface area contributed by atoms with Crippen molar-refractivity contribution >= 4 is 22.7 Å². The third-order valence-electron chi connectivity index (χ3n) is 3.20. The first-order valence-electron chi connectivity index (χ1n) is 6.41. The number of fused-ring (bicyclic) bond motifs is 1. The first-order chi connectivity index (χ1) is 10.1. The van der Waals surface area contributed by atoms with E-state index in [-0.39, 0.29) is 17.2 Å². The van der Waals surface area contributed by atoms with Crippen molar-refractivity contribution in [3.8, 4) is 17.2 Å². The van der Waals surface area contributed by atoms with Crippen molar-refractivity contribution in [1.82, 2.24) is 0 Å². The Kier molecular flexibility index (Phi) is 3.20. The van der Waals surface area contributed by atoms with E-state index >= 15 is 0 Å². The Labute approximate surface area is 121 Å². The minimum atomic E-state index is -0.0400.